The maximum Gasteiger partial charge on any atom is 0.435 e. The van der Waals surface area contributed by atoms with Crippen molar-refractivity contribution in [1.29, 1.82) is 0 Å². The highest BCUT2D eigenvalue weighted by Crippen LogP contribution is 2.42. The molecular formula is C21H25F3N4O. The molecule has 0 radical (unpaired) electrons. The Morgan fingerprint density at radius 1 is 1.07 bits per heavy atom. The lowest BCUT2D eigenvalue weighted by Crippen LogP contribution is -2.48. The Balaban J connectivity index is 1.29. The van der Waals surface area contributed by atoms with Crippen LogP contribution in [-0.2, 0) is 24.1 Å². The first-order valence-corrected chi connectivity index (χ1v) is 10.1. The van der Waals surface area contributed by atoms with Gasteiger partial charge in [0.15, 0.2) is 5.69 Å². The largest absolute Gasteiger partial charge is 0.435 e. The van der Waals surface area contributed by atoms with Gasteiger partial charge in [0.1, 0.15) is 0 Å². The van der Waals surface area contributed by atoms with Crippen molar-refractivity contribution in [2.75, 3.05) is 26.2 Å². The van der Waals surface area contributed by atoms with E-state index in [-0.39, 0.29) is 24.8 Å². The van der Waals surface area contributed by atoms with Crippen LogP contribution in [0.3, 0.4) is 0 Å². The van der Waals surface area contributed by atoms with E-state index in [2.05, 4.69) is 22.1 Å². The standard InChI is InChI=1S/C21H25F3N4O/c22-21(23,24)19-14-18(17-6-7-17)28(25-19)9-8-20(29)27-12-10-26(11-13-27)15-16-4-2-1-3-5-16/h1-5,14,17H,6-13,15H2. The quantitative estimate of drug-likeness (QED) is 0.737. The lowest BCUT2D eigenvalue weighted by molar-refractivity contribution is -0.141. The number of amides is 1. The van der Waals surface area contributed by atoms with Crippen molar-refractivity contribution < 1.29 is 18.0 Å². The number of aryl methyl sites for hydroxylation is 1. The van der Waals surface area contributed by atoms with E-state index >= 15 is 0 Å². The maximum atomic E-state index is 13.0. The Morgan fingerprint density at radius 3 is 2.38 bits per heavy atom. The highest BCUT2D eigenvalue weighted by atomic mass is 19.4. The summed E-state index contributed by atoms with van der Waals surface area (Å²) in [5.74, 6) is 0.130. The first-order valence-electron chi connectivity index (χ1n) is 10.1. The molecule has 5 nitrogen and oxygen atoms in total. The van der Waals surface area contributed by atoms with Gasteiger partial charge in [-0.1, -0.05) is 30.3 Å². The lowest BCUT2D eigenvalue weighted by Gasteiger charge is -2.34. The highest BCUT2D eigenvalue weighted by Gasteiger charge is 2.37. The minimum atomic E-state index is -4.45. The third-order valence-electron chi connectivity index (χ3n) is 5.61. The van der Waals surface area contributed by atoms with Crippen LogP contribution in [0.5, 0.6) is 0 Å². The van der Waals surface area contributed by atoms with Crippen LogP contribution in [0.2, 0.25) is 0 Å². The molecule has 1 aromatic heterocycles. The summed E-state index contributed by atoms with van der Waals surface area (Å²) in [5, 5.41) is 3.73. The zero-order chi connectivity index (χ0) is 20.4. The number of hydrogen-bond donors (Lipinski definition) is 0. The Labute approximate surface area is 168 Å². The molecule has 1 aliphatic carbocycles. The third-order valence-corrected chi connectivity index (χ3v) is 5.61. The Kier molecular flexibility index (Phi) is 5.63. The molecule has 0 bridgehead atoms. The molecule has 29 heavy (non-hydrogen) atoms. The molecule has 2 aliphatic rings. The molecule has 0 unspecified atom stereocenters. The van der Waals surface area contributed by atoms with Crippen LogP contribution < -0.4 is 0 Å². The van der Waals surface area contributed by atoms with Crippen molar-refractivity contribution in [3.63, 3.8) is 0 Å². The van der Waals surface area contributed by atoms with Gasteiger partial charge in [-0.2, -0.15) is 18.3 Å². The first-order chi connectivity index (χ1) is 13.9. The van der Waals surface area contributed by atoms with Gasteiger partial charge in [0.25, 0.3) is 0 Å². The number of benzene rings is 1. The molecule has 2 heterocycles. The minimum absolute atomic E-state index is 0.0184. The summed E-state index contributed by atoms with van der Waals surface area (Å²) in [6, 6.07) is 11.4. The predicted octanol–water partition coefficient (Wildman–Crippen LogP) is 3.51. The summed E-state index contributed by atoms with van der Waals surface area (Å²) in [6.45, 7) is 3.95. The first kappa shape index (κ1) is 19.9. The van der Waals surface area contributed by atoms with Crippen molar-refractivity contribution in [3.05, 3.63) is 53.3 Å². The SMILES string of the molecule is O=C(CCn1nc(C(F)(F)F)cc1C1CC1)N1CCN(Cc2ccccc2)CC1. The average Bonchev–Trinajstić information content (AvgIpc) is 3.45. The smallest absolute Gasteiger partial charge is 0.340 e. The van der Waals surface area contributed by atoms with Crippen LogP contribution in [0.15, 0.2) is 36.4 Å². The number of halogens is 3. The number of hydrogen-bond acceptors (Lipinski definition) is 3. The molecule has 0 N–H and O–H groups in total. The second kappa shape index (κ2) is 8.18. The van der Waals surface area contributed by atoms with Crippen LogP contribution in [-0.4, -0.2) is 51.7 Å². The highest BCUT2D eigenvalue weighted by molar-refractivity contribution is 5.76. The molecule has 1 saturated carbocycles. The predicted molar refractivity (Wildman–Crippen MR) is 102 cm³/mol. The molecule has 2 fully saturated rings. The fourth-order valence-electron chi connectivity index (χ4n) is 3.81. The fraction of sp³-hybridized carbons (Fsp3) is 0.524. The summed E-state index contributed by atoms with van der Waals surface area (Å²) >= 11 is 0. The van der Waals surface area contributed by atoms with Crippen molar-refractivity contribution >= 4 is 5.91 Å². The number of carbonyl (C=O) groups excluding carboxylic acids is 1. The number of nitrogens with zero attached hydrogens (tertiary/aromatic N) is 4. The van der Waals surface area contributed by atoms with Crippen LogP contribution in [0, 0.1) is 0 Å². The molecule has 4 rings (SSSR count). The molecule has 1 aliphatic heterocycles. The van der Waals surface area contributed by atoms with Crippen LogP contribution in [0.4, 0.5) is 13.2 Å². The summed E-state index contributed by atoms with van der Waals surface area (Å²) in [7, 11) is 0. The van der Waals surface area contributed by atoms with E-state index in [0.29, 0.717) is 18.8 Å². The molecule has 156 valence electrons. The van der Waals surface area contributed by atoms with Gasteiger partial charge in [-0.15, -0.1) is 0 Å². The minimum Gasteiger partial charge on any atom is -0.340 e. The summed E-state index contributed by atoms with van der Waals surface area (Å²) in [5.41, 5.74) is 0.998. The zero-order valence-electron chi connectivity index (χ0n) is 16.2. The molecule has 0 spiro atoms. The van der Waals surface area contributed by atoms with Crippen LogP contribution in [0.1, 0.15) is 42.1 Å². The van der Waals surface area contributed by atoms with E-state index in [9.17, 15) is 18.0 Å². The van der Waals surface area contributed by atoms with Crippen molar-refractivity contribution in [2.45, 2.75) is 44.4 Å². The maximum absolute atomic E-state index is 13.0. The van der Waals surface area contributed by atoms with E-state index in [0.717, 1.165) is 38.5 Å². The molecular weight excluding hydrogens is 381 g/mol. The fourth-order valence-corrected chi connectivity index (χ4v) is 3.81. The summed E-state index contributed by atoms with van der Waals surface area (Å²) in [4.78, 5) is 16.7. The van der Waals surface area contributed by atoms with E-state index < -0.39 is 11.9 Å². The molecule has 2 aromatic rings. The van der Waals surface area contributed by atoms with Gasteiger partial charge in [0, 0.05) is 57.3 Å². The second-order valence-corrected chi connectivity index (χ2v) is 7.84. The molecule has 0 atom stereocenters. The van der Waals surface area contributed by atoms with Gasteiger partial charge < -0.3 is 4.90 Å². The van der Waals surface area contributed by atoms with E-state index in [1.165, 1.54) is 10.2 Å². The summed E-state index contributed by atoms with van der Waals surface area (Å²) < 4.78 is 40.4. The van der Waals surface area contributed by atoms with Gasteiger partial charge >= 0.3 is 6.18 Å². The number of rotatable bonds is 6. The van der Waals surface area contributed by atoms with Crippen molar-refractivity contribution in [3.8, 4) is 0 Å². The second-order valence-electron chi connectivity index (χ2n) is 7.84. The van der Waals surface area contributed by atoms with Gasteiger partial charge in [0.2, 0.25) is 5.91 Å². The Bertz CT molecular complexity index is 837. The van der Waals surface area contributed by atoms with Gasteiger partial charge in [0.05, 0.1) is 0 Å². The van der Waals surface area contributed by atoms with Crippen LogP contribution >= 0.6 is 0 Å². The normalized spacial score (nSPS) is 18.2. The number of piperazine rings is 1. The number of alkyl halides is 3. The lowest BCUT2D eigenvalue weighted by atomic mass is 10.2. The molecule has 1 aromatic carbocycles. The number of aromatic nitrogens is 2. The molecule has 1 saturated heterocycles. The monoisotopic (exact) mass is 406 g/mol. The van der Waals surface area contributed by atoms with E-state index in [4.69, 9.17) is 0 Å². The average molecular weight is 406 g/mol. The van der Waals surface area contributed by atoms with E-state index in [1.54, 1.807) is 0 Å². The Morgan fingerprint density at radius 2 is 1.76 bits per heavy atom. The summed E-state index contributed by atoms with van der Waals surface area (Å²) in [6.07, 6.45) is -2.49. The van der Waals surface area contributed by atoms with Gasteiger partial charge in [-0.25, -0.2) is 0 Å². The topological polar surface area (TPSA) is 41.4 Å². The third kappa shape index (κ3) is 4.98. The van der Waals surface area contributed by atoms with Gasteiger partial charge in [-0.3, -0.25) is 14.4 Å². The Hall–Kier alpha value is -2.35. The zero-order valence-corrected chi connectivity index (χ0v) is 16.2. The molecule has 1 amide bonds. The number of carbonyl (C=O) groups is 1. The van der Waals surface area contributed by atoms with Gasteiger partial charge in [-0.05, 0) is 24.5 Å². The molecule has 8 heteroatoms. The van der Waals surface area contributed by atoms with Crippen LogP contribution in [0.25, 0.3) is 0 Å². The van der Waals surface area contributed by atoms with Crippen molar-refractivity contribution in [2.24, 2.45) is 0 Å². The van der Waals surface area contributed by atoms with Crippen molar-refractivity contribution in [1.82, 2.24) is 19.6 Å². The van der Waals surface area contributed by atoms with E-state index in [1.807, 2.05) is 23.1 Å².